The minimum atomic E-state index is -3.23. The van der Waals surface area contributed by atoms with Gasteiger partial charge in [0.15, 0.2) is 5.82 Å². The molecule has 0 saturated carbocycles. The molecule has 2 rings (SSSR count). The molecule has 2 aromatic heterocycles. The molecule has 0 aliphatic carbocycles. The first-order chi connectivity index (χ1) is 10.1. The van der Waals surface area contributed by atoms with Crippen LogP contribution in [0.1, 0.15) is 25.4 Å². The normalized spacial score (nSPS) is 11.8. The van der Waals surface area contributed by atoms with Crippen LogP contribution in [0.5, 0.6) is 0 Å². The van der Waals surface area contributed by atoms with Crippen molar-refractivity contribution in [2.24, 2.45) is 0 Å². The maximum atomic E-state index is 12.4. The molecule has 0 bridgehead atoms. The smallest absolute Gasteiger partial charge is 0.332 e. The highest BCUT2D eigenvalue weighted by Gasteiger charge is 2.27. The first-order valence-electron chi connectivity index (χ1n) is 6.71. The van der Waals surface area contributed by atoms with Crippen molar-refractivity contribution in [2.45, 2.75) is 26.9 Å². The van der Waals surface area contributed by atoms with Crippen LogP contribution < -0.4 is 0 Å². The second-order valence-corrected chi connectivity index (χ2v) is 6.34. The summed E-state index contributed by atoms with van der Waals surface area (Å²) >= 11 is 0. The third-order valence-electron chi connectivity index (χ3n) is 2.56. The quantitative estimate of drug-likeness (QED) is 0.725. The SMILES string of the molecule is CCOP(=O)(Cc1noc(-c2cccc(C)n2)n1)OCC. The van der Waals surface area contributed by atoms with Gasteiger partial charge in [-0.2, -0.15) is 4.98 Å². The van der Waals surface area contributed by atoms with Crippen LogP contribution in [0.2, 0.25) is 0 Å². The van der Waals surface area contributed by atoms with E-state index in [0.717, 1.165) is 5.69 Å². The number of aryl methyl sites for hydroxylation is 1. The van der Waals surface area contributed by atoms with Gasteiger partial charge < -0.3 is 13.6 Å². The summed E-state index contributed by atoms with van der Waals surface area (Å²) in [7, 11) is -3.23. The van der Waals surface area contributed by atoms with Gasteiger partial charge in [-0.15, -0.1) is 0 Å². The van der Waals surface area contributed by atoms with Crippen molar-refractivity contribution in [1.29, 1.82) is 0 Å². The van der Waals surface area contributed by atoms with Crippen molar-refractivity contribution in [3.63, 3.8) is 0 Å². The summed E-state index contributed by atoms with van der Waals surface area (Å²) in [4.78, 5) is 8.50. The second kappa shape index (κ2) is 6.93. The highest BCUT2D eigenvalue weighted by atomic mass is 31.2. The van der Waals surface area contributed by atoms with Gasteiger partial charge in [-0.1, -0.05) is 11.2 Å². The van der Waals surface area contributed by atoms with Crippen LogP contribution >= 0.6 is 7.60 Å². The summed E-state index contributed by atoms with van der Waals surface area (Å²) in [6.45, 7) is 5.97. The molecule has 0 radical (unpaired) electrons. The maximum Gasteiger partial charge on any atom is 0.338 e. The molecule has 0 aliphatic heterocycles. The topological polar surface area (TPSA) is 87.3 Å². The summed E-state index contributed by atoms with van der Waals surface area (Å²) in [6, 6.07) is 5.50. The highest BCUT2D eigenvalue weighted by molar-refractivity contribution is 7.53. The lowest BCUT2D eigenvalue weighted by Crippen LogP contribution is -2.00. The molecule has 2 heterocycles. The Morgan fingerprint density at radius 2 is 1.90 bits per heavy atom. The van der Waals surface area contributed by atoms with E-state index in [-0.39, 0.29) is 17.9 Å². The zero-order valence-corrected chi connectivity index (χ0v) is 13.2. The monoisotopic (exact) mass is 311 g/mol. The third kappa shape index (κ3) is 4.20. The van der Waals surface area contributed by atoms with Crippen LogP contribution in [0, 0.1) is 6.92 Å². The molecule has 0 aliphatic rings. The molecule has 21 heavy (non-hydrogen) atoms. The van der Waals surface area contributed by atoms with Crippen LogP contribution in [-0.4, -0.2) is 28.3 Å². The molecule has 0 fully saturated rings. The van der Waals surface area contributed by atoms with Gasteiger partial charge in [0, 0.05) is 5.69 Å². The third-order valence-corrected chi connectivity index (χ3v) is 4.54. The van der Waals surface area contributed by atoms with Crippen molar-refractivity contribution in [2.75, 3.05) is 13.2 Å². The Morgan fingerprint density at radius 1 is 1.19 bits per heavy atom. The standard InChI is InChI=1S/C13H18N3O4P/c1-4-18-21(17,19-5-2)9-12-15-13(20-16-12)11-8-6-7-10(3)14-11/h6-8H,4-5,9H2,1-3H3. The molecule has 114 valence electrons. The molecular weight excluding hydrogens is 293 g/mol. The minimum absolute atomic E-state index is 0.0238. The number of pyridine rings is 1. The minimum Gasteiger partial charge on any atom is -0.332 e. The highest BCUT2D eigenvalue weighted by Crippen LogP contribution is 2.50. The fourth-order valence-corrected chi connectivity index (χ4v) is 3.30. The van der Waals surface area contributed by atoms with Crippen molar-refractivity contribution in [1.82, 2.24) is 15.1 Å². The summed E-state index contributed by atoms with van der Waals surface area (Å²) in [5, 5.41) is 3.81. The van der Waals surface area contributed by atoms with Crippen LogP contribution in [0.25, 0.3) is 11.6 Å². The van der Waals surface area contributed by atoms with Gasteiger partial charge in [-0.3, -0.25) is 4.57 Å². The second-order valence-electron chi connectivity index (χ2n) is 4.28. The van der Waals surface area contributed by atoms with E-state index in [1.54, 1.807) is 19.9 Å². The molecule has 0 N–H and O–H groups in total. The number of rotatable bonds is 7. The predicted molar refractivity (Wildman–Crippen MR) is 76.8 cm³/mol. The van der Waals surface area contributed by atoms with Crippen molar-refractivity contribution < 1.29 is 18.1 Å². The lowest BCUT2D eigenvalue weighted by molar-refractivity contribution is 0.218. The van der Waals surface area contributed by atoms with E-state index in [2.05, 4.69) is 15.1 Å². The van der Waals surface area contributed by atoms with E-state index >= 15 is 0 Å². The Labute approximate surface area is 123 Å². The summed E-state index contributed by atoms with van der Waals surface area (Å²) in [6.07, 6.45) is -0.0238. The van der Waals surface area contributed by atoms with E-state index < -0.39 is 7.60 Å². The van der Waals surface area contributed by atoms with Gasteiger partial charge in [-0.25, -0.2) is 4.98 Å². The lowest BCUT2D eigenvalue weighted by Gasteiger charge is -2.14. The average molecular weight is 311 g/mol. The summed E-state index contributed by atoms with van der Waals surface area (Å²) in [5.41, 5.74) is 1.43. The largest absolute Gasteiger partial charge is 0.338 e. The van der Waals surface area contributed by atoms with E-state index in [0.29, 0.717) is 18.9 Å². The van der Waals surface area contributed by atoms with Gasteiger partial charge in [0.25, 0.3) is 5.89 Å². The number of hydrogen-bond donors (Lipinski definition) is 0. The summed E-state index contributed by atoms with van der Waals surface area (Å²) in [5.74, 6) is 0.562. The fourth-order valence-electron chi connectivity index (χ4n) is 1.78. The first-order valence-corrected chi connectivity index (χ1v) is 8.44. The van der Waals surface area contributed by atoms with Gasteiger partial charge in [0.05, 0.1) is 13.2 Å². The number of aromatic nitrogens is 3. The van der Waals surface area contributed by atoms with E-state index in [1.165, 1.54) is 0 Å². The Kier molecular flexibility index (Phi) is 5.22. The van der Waals surface area contributed by atoms with Gasteiger partial charge in [0.1, 0.15) is 11.9 Å². The van der Waals surface area contributed by atoms with Crippen molar-refractivity contribution in [3.05, 3.63) is 29.7 Å². The first kappa shape index (κ1) is 15.8. The van der Waals surface area contributed by atoms with Crippen molar-refractivity contribution >= 4 is 7.60 Å². The molecule has 7 nitrogen and oxygen atoms in total. The van der Waals surface area contributed by atoms with E-state index in [9.17, 15) is 4.57 Å². The Balaban J connectivity index is 2.18. The Hall–Kier alpha value is -1.56. The molecule has 0 saturated heterocycles. The maximum absolute atomic E-state index is 12.4. The van der Waals surface area contributed by atoms with Crippen LogP contribution in [0.15, 0.2) is 22.7 Å². The predicted octanol–water partition coefficient (Wildman–Crippen LogP) is 3.21. The molecule has 2 aromatic rings. The average Bonchev–Trinajstić information content (AvgIpc) is 2.87. The zero-order valence-electron chi connectivity index (χ0n) is 12.3. The van der Waals surface area contributed by atoms with Crippen LogP contribution in [0.3, 0.4) is 0 Å². The zero-order chi connectivity index (χ0) is 15.3. The molecule has 0 atom stereocenters. The number of nitrogens with zero attached hydrogens (tertiary/aromatic N) is 3. The van der Waals surface area contributed by atoms with Crippen LogP contribution in [-0.2, 0) is 19.8 Å². The Morgan fingerprint density at radius 3 is 2.52 bits per heavy atom. The molecule has 0 aromatic carbocycles. The number of hydrogen-bond acceptors (Lipinski definition) is 7. The lowest BCUT2D eigenvalue weighted by atomic mass is 10.3. The molecule has 8 heteroatoms. The van der Waals surface area contributed by atoms with Gasteiger partial charge in [-0.05, 0) is 32.9 Å². The van der Waals surface area contributed by atoms with Gasteiger partial charge >= 0.3 is 7.60 Å². The van der Waals surface area contributed by atoms with E-state index in [1.807, 2.05) is 19.1 Å². The van der Waals surface area contributed by atoms with Crippen molar-refractivity contribution in [3.8, 4) is 11.6 Å². The molecular formula is C13H18N3O4P. The molecule has 0 unspecified atom stereocenters. The fraction of sp³-hybridized carbons (Fsp3) is 0.462. The molecule has 0 spiro atoms. The van der Waals surface area contributed by atoms with Gasteiger partial charge in [0.2, 0.25) is 0 Å². The summed E-state index contributed by atoms with van der Waals surface area (Å²) < 4.78 is 28.0. The van der Waals surface area contributed by atoms with E-state index in [4.69, 9.17) is 13.6 Å². The Bertz CT molecular complexity index is 634. The molecule has 0 amide bonds. The van der Waals surface area contributed by atoms with Crippen LogP contribution in [0.4, 0.5) is 0 Å².